The van der Waals surface area contributed by atoms with Crippen molar-refractivity contribution in [1.29, 1.82) is 0 Å². The molecule has 1 heterocycles. The van der Waals surface area contributed by atoms with E-state index in [1.807, 2.05) is 11.8 Å². The third-order valence-electron chi connectivity index (χ3n) is 12.8. The van der Waals surface area contributed by atoms with Crippen molar-refractivity contribution in [3.63, 3.8) is 0 Å². The topological polar surface area (TPSA) is 3.24 Å². The summed E-state index contributed by atoms with van der Waals surface area (Å²) in [6, 6.07) is 65.7. The Hall–Kier alpha value is -5.31. The van der Waals surface area contributed by atoms with E-state index in [0.717, 1.165) is 5.69 Å². The van der Waals surface area contributed by atoms with E-state index >= 15 is 0 Å². The van der Waals surface area contributed by atoms with Gasteiger partial charge in [0.15, 0.2) is 0 Å². The Morgan fingerprint density at radius 3 is 1.69 bits per heavy atom. The van der Waals surface area contributed by atoms with Gasteiger partial charge in [0.1, 0.15) is 0 Å². The summed E-state index contributed by atoms with van der Waals surface area (Å²) in [6.45, 7) is 4.91. The predicted molar refractivity (Wildman–Crippen MR) is 227 cm³/mol. The molecule has 1 fully saturated rings. The van der Waals surface area contributed by atoms with Crippen molar-refractivity contribution in [2.24, 2.45) is 5.92 Å². The number of para-hydroxylation sites is 1. The van der Waals surface area contributed by atoms with Gasteiger partial charge in [-0.2, -0.15) is 0 Å². The van der Waals surface area contributed by atoms with Crippen molar-refractivity contribution in [3.05, 3.63) is 209 Å². The van der Waals surface area contributed by atoms with Gasteiger partial charge in [0.05, 0.1) is 5.69 Å². The van der Waals surface area contributed by atoms with Gasteiger partial charge in [0.2, 0.25) is 0 Å². The molecule has 0 spiro atoms. The van der Waals surface area contributed by atoms with Crippen LogP contribution < -0.4 is 4.90 Å². The fourth-order valence-corrected chi connectivity index (χ4v) is 12.1. The van der Waals surface area contributed by atoms with Gasteiger partial charge in [-0.25, -0.2) is 0 Å². The number of hydrogen-bond donors (Lipinski definition) is 0. The molecule has 1 unspecified atom stereocenters. The molecule has 0 aromatic heterocycles. The number of fused-ring (bicyclic) bond motifs is 6. The minimum Gasteiger partial charge on any atom is -0.309 e. The van der Waals surface area contributed by atoms with Gasteiger partial charge in [-0.15, -0.1) is 0 Å². The molecule has 1 aliphatic heterocycles. The van der Waals surface area contributed by atoms with Gasteiger partial charge in [0, 0.05) is 32.0 Å². The maximum Gasteiger partial charge on any atom is 0.0604 e. The molecule has 2 atom stereocenters. The molecule has 0 radical (unpaired) electrons. The largest absolute Gasteiger partial charge is 0.309 e. The highest BCUT2D eigenvalue weighted by molar-refractivity contribution is 7.99. The first kappa shape index (κ1) is 33.3. The lowest BCUT2D eigenvalue weighted by molar-refractivity contribution is 0.261. The highest BCUT2D eigenvalue weighted by Crippen LogP contribution is 2.66. The first-order valence-corrected chi connectivity index (χ1v) is 20.5. The van der Waals surface area contributed by atoms with Crippen LogP contribution in [0, 0.1) is 5.92 Å². The molecule has 10 rings (SSSR count). The van der Waals surface area contributed by atoms with Crippen LogP contribution in [0.15, 0.2) is 186 Å². The molecule has 0 saturated heterocycles. The van der Waals surface area contributed by atoms with E-state index in [4.69, 9.17) is 0 Å². The lowest BCUT2D eigenvalue weighted by atomic mass is 9.61. The average molecular weight is 716 g/mol. The molecule has 3 aliphatic rings. The van der Waals surface area contributed by atoms with Crippen molar-refractivity contribution in [2.45, 2.75) is 66.1 Å². The maximum atomic E-state index is 2.55. The molecule has 0 N–H and O–H groups in total. The second kappa shape index (κ2) is 13.2. The Labute approximate surface area is 324 Å². The van der Waals surface area contributed by atoms with Crippen LogP contribution in [0.2, 0.25) is 0 Å². The number of nitrogens with zero attached hydrogens (tertiary/aromatic N) is 1. The summed E-state index contributed by atoms with van der Waals surface area (Å²) in [5.41, 5.74) is 14.5. The van der Waals surface area contributed by atoms with E-state index < -0.39 is 0 Å². The lowest BCUT2D eigenvalue weighted by Crippen LogP contribution is -2.36. The van der Waals surface area contributed by atoms with Crippen molar-refractivity contribution in [1.82, 2.24) is 0 Å². The van der Waals surface area contributed by atoms with Crippen molar-refractivity contribution in [3.8, 4) is 11.1 Å². The summed E-state index contributed by atoms with van der Waals surface area (Å²) in [6.07, 6.45) is 5.07. The van der Waals surface area contributed by atoms with Gasteiger partial charge >= 0.3 is 0 Å². The summed E-state index contributed by atoms with van der Waals surface area (Å²) in [5.74, 6) is 1.03. The molecule has 0 bridgehead atoms. The molecular weight excluding hydrogens is 671 g/mol. The number of benzene rings is 7. The minimum atomic E-state index is -0.182. The van der Waals surface area contributed by atoms with Crippen LogP contribution in [0.4, 0.5) is 17.1 Å². The van der Waals surface area contributed by atoms with E-state index in [2.05, 4.69) is 195 Å². The zero-order chi connectivity index (χ0) is 36.3. The second-order valence-electron chi connectivity index (χ2n) is 15.9. The first-order chi connectivity index (χ1) is 26.6. The molecular formula is C52H45NS. The van der Waals surface area contributed by atoms with Gasteiger partial charge in [-0.05, 0) is 99.5 Å². The Bertz CT molecular complexity index is 2400. The van der Waals surface area contributed by atoms with E-state index in [1.165, 1.54) is 85.8 Å². The van der Waals surface area contributed by atoms with Crippen LogP contribution in [0.5, 0.6) is 0 Å². The monoisotopic (exact) mass is 715 g/mol. The molecule has 264 valence electrons. The van der Waals surface area contributed by atoms with Crippen molar-refractivity contribution < 1.29 is 0 Å². The van der Waals surface area contributed by atoms with Gasteiger partial charge in [-0.3, -0.25) is 0 Å². The molecule has 2 heteroatoms. The van der Waals surface area contributed by atoms with Gasteiger partial charge in [0.25, 0.3) is 0 Å². The number of rotatable bonds is 6. The Morgan fingerprint density at radius 1 is 0.481 bits per heavy atom. The Morgan fingerprint density at radius 2 is 1.02 bits per heavy atom. The third-order valence-corrected chi connectivity index (χ3v) is 14.1. The Balaban J connectivity index is 1.18. The van der Waals surface area contributed by atoms with Crippen LogP contribution in [-0.2, 0) is 10.8 Å². The molecule has 1 nitrogen and oxygen atoms in total. The highest BCUT2D eigenvalue weighted by atomic mass is 32.2. The second-order valence-corrected chi connectivity index (χ2v) is 16.9. The van der Waals surface area contributed by atoms with E-state index in [-0.39, 0.29) is 10.8 Å². The summed E-state index contributed by atoms with van der Waals surface area (Å²) in [7, 11) is 0. The first-order valence-electron chi connectivity index (χ1n) is 19.7. The van der Waals surface area contributed by atoms with Crippen LogP contribution in [0.25, 0.3) is 11.1 Å². The van der Waals surface area contributed by atoms with Crippen molar-refractivity contribution in [2.75, 3.05) is 4.90 Å². The molecule has 2 aliphatic carbocycles. The fraction of sp³-hybridized carbons (Fsp3) is 0.192. The summed E-state index contributed by atoms with van der Waals surface area (Å²) >= 11 is 2.04. The summed E-state index contributed by atoms with van der Waals surface area (Å²) in [5, 5.41) is 0. The van der Waals surface area contributed by atoms with Gasteiger partial charge < -0.3 is 4.90 Å². The molecule has 7 aromatic carbocycles. The van der Waals surface area contributed by atoms with E-state index in [0.29, 0.717) is 11.8 Å². The standard InChI is InChI=1S/C52H45NS/c1-51(2)45-28-17-29-47(53(40-24-13-6-14-25-40)41-32-30-37(31-33-41)36-18-7-3-8-19-36)49(45)54-50-46(51)35-34-44-48(50)42-26-15-16-27-43(42)52(44,38-20-9-4-10-21-38)39-22-11-5-12-23-39/h3-14,17-25,28-35,42-43H,15-16,26-27H2,1-2H3/t42?,43-/m1/s1. The zero-order valence-corrected chi connectivity index (χ0v) is 31.9. The molecule has 7 aromatic rings. The van der Waals surface area contributed by atoms with Gasteiger partial charge in [-0.1, -0.05) is 184 Å². The molecule has 54 heavy (non-hydrogen) atoms. The highest BCUT2D eigenvalue weighted by Gasteiger charge is 2.56. The lowest BCUT2D eigenvalue weighted by Gasteiger charge is -2.41. The zero-order valence-electron chi connectivity index (χ0n) is 31.1. The minimum absolute atomic E-state index is 0.171. The normalized spacial score (nSPS) is 18.9. The Kier molecular flexibility index (Phi) is 8.14. The number of anilines is 3. The van der Waals surface area contributed by atoms with Crippen LogP contribution in [0.1, 0.15) is 78.8 Å². The summed E-state index contributed by atoms with van der Waals surface area (Å²) in [4.78, 5) is 5.34. The van der Waals surface area contributed by atoms with E-state index in [1.54, 1.807) is 5.56 Å². The smallest absolute Gasteiger partial charge is 0.0604 e. The third kappa shape index (κ3) is 5.07. The molecule has 0 amide bonds. The quantitative estimate of drug-likeness (QED) is 0.169. The molecule has 1 saturated carbocycles. The van der Waals surface area contributed by atoms with E-state index in [9.17, 15) is 0 Å². The fourth-order valence-electron chi connectivity index (χ4n) is 10.4. The van der Waals surface area contributed by atoms with Crippen LogP contribution in [-0.4, -0.2) is 0 Å². The maximum absolute atomic E-state index is 2.55. The summed E-state index contributed by atoms with van der Waals surface area (Å²) < 4.78 is 0. The number of hydrogen-bond acceptors (Lipinski definition) is 2. The van der Waals surface area contributed by atoms with Crippen molar-refractivity contribution >= 4 is 28.8 Å². The average Bonchev–Trinajstić information content (AvgIpc) is 3.54. The van der Waals surface area contributed by atoms with Crippen LogP contribution in [0.3, 0.4) is 0 Å². The SMILES string of the molecule is CC1(C)c2cccc(N(c3ccccc3)c3ccc(-c4ccccc4)cc3)c2Sc2c1ccc1c2C2CCCC[C@H]2C1(c1ccccc1)c1ccccc1. The predicted octanol–water partition coefficient (Wildman–Crippen LogP) is 14.2. The van der Waals surface area contributed by atoms with Crippen LogP contribution >= 0.6 is 11.8 Å².